The first-order valence-electron chi connectivity index (χ1n) is 8.61. The van der Waals surface area contributed by atoms with Crippen molar-refractivity contribution in [2.24, 2.45) is 0 Å². The van der Waals surface area contributed by atoms with Gasteiger partial charge >= 0.3 is 0 Å². The van der Waals surface area contributed by atoms with Crippen molar-refractivity contribution in [2.45, 2.75) is 4.90 Å². The summed E-state index contributed by atoms with van der Waals surface area (Å²) in [5.74, 6) is 0. The van der Waals surface area contributed by atoms with Crippen molar-refractivity contribution < 1.29 is 8.42 Å². The fraction of sp³-hybridized carbons (Fsp3) is 0. The lowest BCUT2D eigenvalue weighted by atomic mass is 10.1. The van der Waals surface area contributed by atoms with E-state index >= 15 is 0 Å². The van der Waals surface area contributed by atoms with Gasteiger partial charge in [-0.1, -0.05) is 48.5 Å². The summed E-state index contributed by atoms with van der Waals surface area (Å²) in [7, 11) is -3.77. The van der Waals surface area contributed by atoms with Gasteiger partial charge in [0, 0.05) is 21.7 Å². The number of rotatable bonds is 3. The SMILES string of the molecule is Nc1nc(-c2ccc3c4ccccc4n(S(=O)(=O)c4ccccc4)c3c2)cs1. The Hall–Kier alpha value is -3.16. The minimum absolute atomic E-state index is 0.251. The van der Waals surface area contributed by atoms with Gasteiger partial charge in [0.05, 0.1) is 21.6 Å². The second-order valence-corrected chi connectivity index (χ2v) is 9.08. The lowest BCUT2D eigenvalue weighted by Gasteiger charge is -2.09. The highest BCUT2D eigenvalue weighted by atomic mass is 32.2. The Morgan fingerprint density at radius 1 is 0.857 bits per heavy atom. The van der Waals surface area contributed by atoms with Crippen LogP contribution in [0.15, 0.2) is 83.1 Å². The maximum atomic E-state index is 13.5. The van der Waals surface area contributed by atoms with Gasteiger partial charge in [-0.25, -0.2) is 17.4 Å². The van der Waals surface area contributed by atoms with E-state index in [1.807, 2.05) is 47.8 Å². The molecule has 3 aromatic carbocycles. The summed E-state index contributed by atoms with van der Waals surface area (Å²) in [6.45, 7) is 0. The highest BCUT2D eigenvalue weighted by Crippen LogP contribution is 2.35. The fourth-order valence-corrected chi connectivity index (χ4v) is 5.58. The van der Waals surface area contributed by atoms with Crippen LogP contribution in [0.25, 0.3) is 33.1 Å². The molecule has 5 aromatic rings. The van der Waals surface area contributed by atoms with Crippen LogP contribution in [0, 0.1) is 0 Å². The van der Waals surface area contributed by atoms with Gasteiger partial charge in [0.1, 0.15) is 0 Å². The molecule has 28 heavy (non-hydrogen) atoms. The number of nitrogens with zero attached hydrogens (tertiary/aromatic N) is 2. The van der Waals surface area contributed by atoms with Gasteiger partial charge in [0.25, 0.3) is 10.0 Å². The first-order chi connectivity index (χ1) is 13.6. The van der Waals surface area contributed by atoms with Crippen LogP contribution in [-0.2, 0) is 10.0 Å². The monoisotopic (exact) mass is 405 g/mol. The molecule has 0 atom stereocenters. The summed E-state index contributed by atoms with van der Waals surface area (Å²) in [5, 5.41) is 4.12. The largest absolute Gasteiger partial charge is 0.375 e. The zero-order valence-corrected chi connectivity index (χ0v) is 16.2. The maximum Gasteiger partial charge on any atom is 0.268 e. The van der Waals surface area contributed by atoms with E-state index in [0.29, 0.717) is 16.2 Å². The Balaban J connectivity index is 1.88. The lowest BCUT2D eigenvalue weighted by molar-refractivity contribution is 0.590. The fourth-order valence-electron chi connectivity index (χ4n) is 3.47. The van der Waals surface area contributed by atoms with Gasteiger partial charge in [-0.3, -0.25) is 0 Å². The van der Waals surface area contributed by atoms with Gasteiger partial charge < -0.3 is 5.73 Å². The predicted molar refractivity (Wildman–Crippen MR) is 114 cm³/mol. The lowest BCUT2D eigenvalue weighted by Crippen LogP contribution is -2.12. The van der Waals surface area contributed by atoms with Crippen LogP contribution < -0.4 is 5.73 Å². The molecular weight excluding hydrogens is 390 g/mol. The Bertz CT molecular complexity index is 1430. The molecule has 0 bridgehead atoms. The molecule has 0 saturated carbocycles. The Morgan fingerprint density at radius 2 is 1.57 bits per heavy atom. The molecule has 2 aromatic heterocycles. The summed E-state index contributed by atoms with van der Waals surface area (Å²) >= 11 is 1.36. The molecule has 0 saturated heterocycles. The van der Waals surface area contributed by atoms with Gasteiger partial charge in [0.15, 0.2) is 5.13 Å². The van der Waals surface area contributed by atoms with E-state index in [1.54, 1.807) is 30.3 Å². The van der Waals surface area contributed by atoms with Gasteiger partial charge in [-0.15, -0.1) is 11.3 Å². The number of thiazole rings is 1. The third-order valence-electron chi connectivity index (χ3n) is 4.73. The molecule has 0 aliphatic carbocycles. The molecule has 0 fully saturated rings. The molecule has 2 N–H and O–H groups in total. The zero-order valence-electron chi connectivity index (χ0n) is 14.6. The number of benzene rings is 3. The average Bonchev–Trinajstić information content (AvgIpc) is 3.29. The molecule has 0 aliphatic rings. The number of nitrogens with two attached hydrogens (primary N) is 1. The minimum atomic E-state index is -3.77. The van der Waals surface area contributed by atoms with Crippen molar-refractivity contribution in [1.82, 2.24) is 8.96 Å². The zero-order chi connectivity index (χ0) is 19.3. The smallest absolute Gasteiger partial charge is 0.268 e. The second kappa shape index (κ2) is 6.19. The van der Waals surface area contributed by atoms with Crippen molar-refractivity contribution in [2.75, 3.05) is 5.73 Å². The number of hydrogen-bond donors (Lipinski definition) is 1. The molecule has 0 radical (unpaired) electrons. The molecule has 7 heteroatoms. The van der Waals surface area contributed by atoms with Crippen molar-refractivity contribution in [3.8, 4) is 11.3 Å². The van der Waals surface area contributed by atoms with E-state index < -0.39 is 10.0 Å². The van der Waals surface area contributed by atoms with Crippen LogP contribution in [0.3, 0.4) is 0 Å². The highest BCUT2D eigenvalue weighted by Gasteiger charge is 2.23. The second-order valence-electron chi connectivity index (χ2n) is 6.40. The first-order valence-corrected chi connectivity index (χ1v) is 10.9. The Morgan fingerprint density at radius 3 is 2.32 bits per heavy atom. The van der Waals surface area contributed by atoms with Crippen molar-refractivity contribution in [3.63, 3.8) is 0 Å². The highest BCUT2D eigenvalue weighted by molar-refractivity contribution is 7.90. The summed E-state index contributed by atoms with van der Waals surface area (Å²) in [5.41, 5.74) is 8.60. The average molecular weight is 406 g/mol. The van der Waals surface area contributed by atoms with Gasteiger partial charge in [0.2, 0.25) is 0 Å². The number of para-hydroxylation sites is 1. The van der Waals surface area contributed by atoms with Gasteiger partial charge in [-0.05, 0) is 24.3 Å². The van der Waals surface area contributed by atoms with Crippen LogP contribution in [0.4, 0.5) is 5.13 Å². The Labute approximate surface area is 165 Å². The van der Waals surface area contributed by atoms with E-state index in [1.165, 1.54) is 15.3 Å². The van der Waals surface area contributed by atoms with Crippen LogP contribution in [-0.4, -0.2) is 17.4 Å². The molecule has 0 aliphatic heterocycles. The van der Waals surface area contributed by atoms with Crippen molar-refractivity contribution >= 4 is 48.3 Å². The standard InChI is InChI=1S/C21H15N3O2S2/c22-21-23-18(13-27-21)14-10-11-17-16-8-4-5-9-19(16)24(20(17)12-14)28(25,26)15-6-2-1-3-7-15/h1-13H,(H2,22,23). The number of nitrogen functional groups attached to an aromatic ring is 1. The van der Waals surface area contributed by atoms with Crippen LogP contribution in [0.1, 0.15) is 0 Å². The molecule has 0 spiro atoms. The van der Waals surface area contributed by atoms with Gasteiger partial charge in [-0.2, -0.15) is 0 Å². The number of fused-ring (bicyclic) bond motifs is 3. The van der Waals surface area contributed by atoms with E-state index in [-0.39, 0.29) is 4.90 Å². The summed E-state index contributed by atoms with van der Waals surface area (Å²) in [6.07, 6.45) is 0. The van der Waals surface area contributed by atoms with E-state index in [4.69, 9.17) is 5.73 Å². The molecule has 0 amide bonds. The van der Waals surface area contributed by atoms with E-state index in [0.717, 1.165) is 22.0 Å². The number of anilines is 1. The molecule has 138 valence electrons. The summed E-state index contributed by atoms with van der Waals surface area (Å²) < 4.78 is 28.4. The minimum Gasteiger partial charge on any atom is -0.375 e. The molecule has 2 heterocycles. The number of aromatic nitrogens is 2. The van der Waals surface area contributed by atoms with Crippen LogP contribution >= 0.6 is 11.3 Å². The normalized spacial score (nSPS) is 12.0. The third-order valence-corrected chi connectivity index (χ3v) is 7.14. The van der Waals surface area contributed by atoms with E-state index in [2.05, 4.69) is 4.98 Å². The number of hydrogen-bond acceptors (Lipinski definition) is 5. The molecule has 0 unspecified atom stereocenters. The first kappa shape index (κ1) is 17.0. The molecule has 5 nitrogen and oxygen atoms in total. The van der Waals surface area contributed by atoms with E-state index in [9.17, 15) is 8.42 Å². The maximum absolute atomic E-state index is 13.5. The predicted octanol–water partition coefficient (Wildman–Crippen LogP) is 4.74. The molecular formula is C21H15N3O2S2. The summed E-state index contributed by atoms with van der Waals surface area (Å²) in [6, 6.07) is 21.8. The Kier molecular flexibility index (Phi) is 3.75. The molecule has 5 rings (SSSR count). The van der Waals surface area contributed by atoms with Crippen molar-refractivity contribution in [1.29, 1.82) is 0 Å². The third kappa shape index (κ3) is 2.51. The summed E-state index contributed by atoms with van der Waals surface area (Å²) in [4.78, 5) is 4.58. The van der Waals surface area contributed by atoms with Crippen LogP contribution in [0.5, 0.6) is 0 Å². The quantitative estimate of drug-likeness (QED) is 0.470. The van der Waals surface area contributed by atoms with Crippen molar-refractivity contribution in [3.05, 3.63) is 78.2 Å². The van der Waals surface area contributed by atoms with Crippen LogP contribution in [0.2, 0.25) is 0 Å². The topological polar surface area (TPSA) is 78.0 Å².